The van der Waals surface area contributed by atoms with Gasteiger partial charge in [-0.05, 0) is 38.3 Å². The standard InChI is InChI=1S/C16H22N6/c1-3-17-14-19-15(18-4-2)21-16(20-14)22-11-7-9-12-8-5-6-10-13(12)22/h5-6,8,10H,3-4,7,9,11H2,1-2H3,(H2,17,18,19,20,21). The zero-order chi connectivity index (χ0) is 15.4. The molecule has 2 N–H and O–H groups in total. The van der Waals surface area contributed by atoms with Crippen molar-refractivity contribution < 1.29 is 0 Å². The predicted octanol–water partition coefficient (Wildman–Crippen LogP) is 2.82. The number of para-hydroxylation sites is 1. The molecule has 0 radical (unpaired) electrons. The van der Waals surface area contributed by atoms with Gasteiger partial charge in [0.15, 0.2) is 0 Å². The Kier molecular flexibility index (Phi) is 4.37. The Morgan fingerprint density at radius 2 is 1.68 bits per heavy atom. The molecule has 0 saturated heterocycles. The van der Waals surface area contributed by atoms with Crippen LogP contribution in [0.15, 0.2) is 24.3 Å². The fraction of sp³-hybridized carbons (Fsp3) is 0.438. The van der Waals surface area contributed by atoms with E-state index in [1.54, 1.807) is 0 Å². The molecule has 0 amide bonds. The summed E-state index contributed by atoms with van der Waals surface area (Å²) in [6.45, 7) is 6.56. The number of rotatable bonds is 5. The molecule has 0 saturated carbocycles. The maximum absolute atomic E-state index is 4.58. The molecule has 1 aliphatic heterocycles. The maximum atomic E-state index is 4.58. The lowest BCUT2D eigenvalue weighted by atomic mass is 10.0. The van der Waals surface area contributed by atoms with E-state index in [-0.39, 0.29) is 0 Å². The van der Waals surface area contributed by atoms with Gasteiger partial charge in [0.25, 0.3) is 0 Å². The zero-order valence-corrected chi connectivity index (χ0v) is 13.1. The Labute approximate surface area is 131 Å². The number of nitrogens with zero attached hydrogens (tertiary/aromatic N) is 4. The molecule has 116 valence electrons. The second kappa shape index (κ2) is 6.60. The van der Waals surface area contributed by atoms with E-state index < -0.39 is 0 Å². The molecule has 0 aliphatic carbocycles. The molecule has 6 heteroatoms. The molecule has 0 fully saturated rings. The summed E-state index contributed by atoms with van der Waals surface area (Å²) < 4.78 is 0. The van der Waals surface area contributed by atoms with E-state index in [1.165, 1.54) is 11.3 Å². The molecule has 0 atom stereocenters. The van der Waals surface area contributed by atoms with Crippen molar-refractivity contribution in [1.29, 1.82) is 0 Å². The van der Waals surface area contributed by atoms with Gasteiger partial charge in [-0.3, -0.25) is 0 Å². The first-order chi connectivity index (χ1) is 10.8. The molecular formula is C16H22N6. The third kappa shape index (κ3) is 2.95. The normalized spacial score (nSPS) is 13.6. The van der Waals surface area contributed by atoms with E-state index >= 15 is 0 Å². The van der Waals surface area contributed by atoms with Crippen molar-refractivity contribution in [3.8, 4) is 0 Å². The van der Waals surface area contributed by atoms with Crippen molar-refractivity contribution in [3.05, 3.63) is 29.8 Å². The summed E-state index contributed by atoms with van der Waals surface area (Å²) in [7, 11) is 0. The van der Waals surface area contributed by atoms with Crippen molar-refractivity contribution in [3.63, 3.8) is 0 Å². The lowest BCUT2D eigenvalue weighted by Gasteiger charge is -2.29. The van der Waals surface area contributed by atoms with Gasteiger partial charge >= 0.3 is 0 Å². The summed E-state index contributed by atoms with van der Waals surface area (Å²) in [5.74, 6) is 1.94. The number of fused-ring (bicyclic) bond motifs is 1. The number of anilines is 4. The molecule has 0 spiro atoms. The third-order valence-electron chi connectivity index (χ3n) is 3.65. The second-order valence-electron chi connectivity index (χ2n) is 5.23. The molecule has 1 aromatic carbocycles. The van der Waals surface area contributed by atoms with Crippen LogP contribution in [-0.4, -0.2) is 34.6 Å². The van der Waals surface area contributed by atoms with E-state index in [0.29, 0.717) is 17.8 Å². The first-order valence-electron chi connectivity index (χ1n) is 7.91. The molecule has 1 aromatic heterocycles. The van der Waals surface area contributed by atoms with Crippen LogP contribution in [0.3, 0.4) is 0 Å². The highest BCUT2D eigenvalue weighted by atomic mass is 15.3. The monoisotopic (exact) mass is 298 g/mol. The minimum atomic E-state index is 0.617. The zero-order valence-electron chi connectivity index (χ0n) is 13.1. The summed E-state index contributed by atoms with van der Waals surface area (Å²) in [4.78, 5) is 15.7. The molecule has 22 heavy (non-hydrogen) atoms. The number of aryl methyl sites for hydroxylation is 1. The van der Waals surface area contributed by atoms with Crippen LogP contribution >= 0.6 is 0 Å². The highest BCUT2D eigenvalue weighted by Crippen LogP contribution is 2.31. The van der Waals surface area contributed by atoms with E-state index in [1.807, 2.05) is 13.8 Å². The average molecular weight is 298 g/mol. The minimum Gasteiger partial charge on any atom is -0.354 e. The van der Waals surface area contributed by atoms with Crippen LogP contribution in [0.25, 0.3) is 0 Å². The first kappa shape index (κ1) is 14.6. The van der Waals surface area contributed by atoms with Crippen molar-refractivity contribution in [2.75, 3.05) is 35.2 Å². The van der Waals surface area contributed by atoms with Crippen LogP contribution in [0.1, 0.15) is 25.8 Å². The van der Waals surface area contributed by atoms with Crippen molar-refractivity contribution in [2.45, 2.75) is 26.7 Å². The fourth-order valence-corrected chi connectivity index (χ4v) is 2.70. The number of aromatic nitrogens is 3. The predicted molar refractivity (Wildman–Crippen MR) is 89.9 cm³/mol. The smallest absolute Gasteiger partial charge is 0.236 e. The van der Waals surface area contributed by atoms with Crippen molar-refractivity contribution >= 4 is 23.5 Å². The van der Waals surface area contributed by atoms with Gasteiger partial charge in [-0.2, -0.15) is 15.0 Å². The van der Waals surface area contributed by atoms with Gasteiger partial charge in [-0.1, -0.05) is 18.2 Å². The minimum absolute atomic E-state index is 0.617. The molecular weight excluding hydrogens is 276 g/mol. The van der Waals surface area contributed by atoms with Crippen molar-refractivity contribution in [1.82, 2.24) is 15.0 Å². The topological polar surface area (TPSA) is 66.0 Å². The molecule has 3 rings (SSSR count). The Morgan fingerprint density at radius 1 is 1.00 bits per heavy atom. The van der Waals surface area contributed by atoms with Crippen LogP contribution < -0.4 is 15.5 Å². The van der Waals surface area contributed by atoms with Crippen LogP contribution in [0, 0.1) is 0 Å². The first-order valence-corrected chi connectivity index (χ1v) is 7.91. The summed E-state index contributed by atoms with van der Waals surface area (Å²) in [5, 5.41) is 6.36. The highest BCUT2D eigenvalue weighted by molar-refractivity contribution is 5.64. The van der Waals surface area contributed by atoms with Gasteiger partial charge in [-0.15, -0.1) is 0 Å². The van der Waals surface area contributed by atoms with Gasteiger partial charge < -0.3 is 15.5 Å². The summed E-state index contributed by atoms with van der Waals surface area (Å²) in [6.07, 6.45) is 2.22. The molecule has 1 aliphatic rings. The van der Waals surface area contributed by atoms with Gasteiger partial charge in [0, 0.05) is 25.3 Å². The van der Waals surface area contributed by atoms with E-state index in [0.717, 1.165) is 32.5 Å². The van der Waals surface area contributed by atoms with Crippen LogP contribution in [0.4, 0.5) is 23.5 Å². The molecule has 2 aromatic rings. The molecule has 0 bridgehead atoms. The van der Waals surface area contributed by atoms with Crippen LogP contribution in [0.5, 0.6) is 0 Å². The molecule has 2 heterocycles. The maximum Gasteiger partial charge on any atom is 0.236 e. The van der Waals surface area contributed by atoms with Gasteiger partial charge in [0.1, 0.15) is 0 Å². The highest BCUT2D eigenvalue weighted by Gasteiger charge is 2.21. The van der Waals surface area contributed by atoms with E-state index in [9.17, 15) is 0 Å². The number of hydrogen-bond acceptors (Lipinski definition) is 6. The summed E-state index contributed by atoms with van der Waals surface area (Å²) in [5.41, 5.74) is 2.55. The van der Waals surface area contributed by atoms with Crippen molar-refractivity contribution in [2.24, 2.45) is 0 Å². The second-order valence-corrected chi connectivity index (χ2v) is 5.23. The summed E-state index contributed by atoms with van der Waals surface area (Å²) in [6, 6.07) is 8.47. The Balaban J connectivity index is 2.00. The summed E-state index contributed by atoms with van der Waals surface area (Å²) >= 11 is 0. The SMILES string of the molecule is CCNc1nc(NCC)nc(N2CCCc3ccccc32)n1. The third-order valence-corrected chi connectivity index (χ3v) is 3.65. The Bertz CT molecular complexity index is 618. The Hall–Kier alpha value is -2.37. The van der Waals surface area contributed by atoms with Gasteiger partial charge in [0.2, 0.25) is 17.8 Å². The van der Waals surface area contributed by atoms with Crippen LogP contribution in [-0.2, 0) is 6.42 Å². The lowest BCUT2D eigenvalue weighted by molar-refractivity contribution is 0.748. The number of benzene rings is 1. The average Bonchev–Trinajstić information content (AvgIpc) is 2.55. The lowest BCUT2D eigenvalue weighted by Crippen LogP contribution is -2.27. The molecule has 6 nitrogen and oxygen atoms in total. The van der Waals surface area contributed by atoms with Crippen LogP contribution in [0.2, 0.25) is 0 Å². The number of hydrogen-bond donors (Lipinski definition) is 2. The fourth-order valence-electron chi connectivity index (χ4n) is 2.70. The quantitative estimate of drug-likeness (QED) is 0.885. The van der Waals surface area contributed by atoms with E-state index in [4.69, 9.17) is 0 Å². The van der Waals surface area contributed by atoms with Gasteiger partial charge in [-0.25, -0.2) is 0 Å². The Morgan fingerprint density at radius 3 is 2.36 bits per heavy atom. The van der Waals surface area contributed by atoms with E-state index in [2.05, 4.69) is 54.8 Å². The largest absolute Gasteiger partial charge is 0.354 e. The van der Waals surface area contributed by atoms with Gasteiger partial charge in [0.05, 0.1) is 0 Å². The molecule has 0 unspecified atom stereocenters. The number of nitrogens with one attached hydrogen (secondary N) is 2.